The summed E-state index contributed by atoms with van der Waals surface area (Å²) in [5, 5.41) is 11.9. The van der Waals surface area contributed by atoms with Crippen molar-refractivity contribution in [3.8, 4) is 0 Å². The third kappa shape index (κ3) is 4.19. The van der Waals surface area contributed by atoms with E-state index in [0.717, 1.165) is 16.1 Å². The van der Waals surface area contributed by atoms with Crippen LogP contribution >= 0.6 is 0 Å². The molecule has 1 atom stereocenters. The van der Waals surface area contributed by atoms with E-state index in [4.69, 9.17) is 5.11 Å². The van der Waals surface area contributed by atoms with Gasteiger partial charge in [0.15, 0.2) is 0 Å². The molecule has 2 aromatic rings. The molecule has 2 aromatic carbocycles. The average molecular weight is 275 g/mol. The van der Waals surface area contributed by atoms with Crippen molar-refractivity contribution in [2.45, 2.75) is 10.6 Å². The molecule has 0 aliphatic carbocycles. The fourth-order valence-corrected chi connectivity index (χ4v) is 2.89. The highest BCUT2D eigenvalue weighted by atomic mass is 32.2. The second kappa shape index (κ2) is 7.07. The molecule has 0 unspecified atom stereocenters. The molecule has 4 heteroatoms. The number of hydrogen-bond donors (Lipinski definition) is 2. The highest BCUT2D eigenvalue weighted by molar-refractivity contribution is 7.84. The number of benzene rings is 2. The second-order valence-electron chi connectivity index (χ2n) is 4.15. The summed E-state index contributed by atoms with van der Waals surface area (Å²) in [6, 6.07) is 17.3. The second-order valence-corrected chi connectivity index (χ2v) is 5.60. The van der Waals surface area contributed by atoms with Crippen molar-refractivity contribution >= 4 is 16.5 Å². The van der Waals surface area contributed by atoms with Crippen molar-refractivity contribution in [3.63, 3.8) is 0 Å². The molecule has 0 aliphatic heterocycles. The summed E-state index contributed by atoms with van der Waals surface area (Å²) in [6.07, 6.45) is 0. The minimum atomic E-state index is -1.03. The van der Waals surface area contributed by atoms with Gasteiger partial charge in [0.2, 0.25) is 0 Å². The van der Waals surface area contributed by atoms with Crippen LogP contribution in [0.3, 0.4) is 0 Å². The molecule has 2 rings (SSSR count). The molecule has 3 nitrogen and oxygen atoms in total. The summed E-state index contributed by atoms with van der Waals surface area (Å²) < 4.78 is 12.2. The minimum absolute atomic E-state index is 0.0974. The molecule has 0 amide bonds. The Bertz CT molecular complexity index is 543. The summed E-state index contributed by atoms with van der Waals surface area (Å²) in [6.45, 7) is 0.616. The first-order chi connectivity index (χ1) is 9.29. The molecule has 0 spiro atoms. The first-order valence-corrected chi connectivity index (χ1v) is 7.48. The Kier molecular flexibility index (Phi) is 5.12. The maximum atomic E-state index is 12.2. The van der Waals surface area contributed by atoms with Gasteiger partial charge in [-0.25, -0.2) is 0 Å². The van der Waals surface area contributed by atoms with Gasteiger partial charge in [-0.3, -0.25) is 4.21 Å². The van der Waals surface area contributed by atoms with Crippen molar-refractivity contribution in [1.82, 2.24) is 0 Å². The SMILES string of the molecule is O=[S@@](Cc1cccc(NCCO)c1)c1ccccc1. The van der Waals surface area contributed by atoms with Crippen molar-refractivity contribution in [3.05, 3.63) is 60.2 Å². The molecular formula is C15H17NO2S. The molecule has 0 saturated carbocycles. The Labute approximate surface area is 115 Å². The van der Waals surface area contributed by atoms with Crippen LogP contribution in [0.4, 0.5) is 5.69 Å². The van der Waals surface area contributed by atoms with Gasteiger partial charge in [-0.15, -0.1) is 0 Å². The highest BCUT2D eigenvalue weighted by Crippen LogP contribution is 2.15. The molecule has 100 valence electrons. The summed E-state index contributed by atoms with van der Waals surface area (Å²) >= 11 is 0. The maximum absolute atomic E-state index is 12.2. The minimum Gasteiger partial charge on any atom is -0.395 e. The van der Waals surface area contributed by atoms with Gasteiger partial charge in [-0.05, 0) is 29.8 Å². The lowest BCUT2D eigenvalue weighted by atomic mass is 10.2. The van der Waals surface area contributed by atoms with Crippen LogP contribution in [0.15, 0.2) is 59.5 Å². The predicted octanol–water partition coefficient (Wildman–Crippen LogP) is 2.40. The number of hydrogen-bond acceptors (Lipinski definition) is 3. The molecule has 0 aliphatic rings. The molecular weight excluding hydrogens is 258 g/mol. The first kappa shape index (κ1) is 13.8. The zero-order valence-corrected chi connectivity index (χ0v) is 11.4. The fourth-order valence-electron chi connectivity index (χ4n) is 1.78. The fraction of sp³-hybridized carbons (Fsp3) is 0.200. The van der Waals surface area contributed by atoms with E-state index in [9.17, 15) is 4.21 Å². The van der Waals surface area contributed by atoms with Crippen LogP contribution < -0.4 is 5.32 Å². The van der Waals surface area contributed by atoms with E-state index >= 15 is 0 Å². The zero-order valence-electron chi connectivity index (χ0n) is 10.6. The largest absolute Gasteiger partial charge is 0.395 e. The normalized spacial score (nSPS) is 12.1. The maximum Gasteiger partial charge on any atom is 0.0604 e. The lowest BCUT2D eigenvalue weighted by Crippen LogP contribution is -2.05. The average Bonchev–Trinajstić information content (AvgIpc) is 2.46. The number of aliphatic hydroxyl groups excluding tert-OH is 1. The van der Waals surface area contributed by atoms with Crippen LogP contribution in [0.25, 0.3) is 0 Å². The van der Waals surface area contributed by atoms with Crippen molar-refractivity contribution < 1.29 is 9.32 Å². The summed E-state index contributed by atoms with van der Waals surface area (Å²) in [7, 11) is -1.03. The van der Waals surface area contributed by atoms with Crippen LogP contribution in [0.1, 0.15) is 5.56 Å². The molecule has 0 fully saturated rings. The van der Waals surface area contributed by atoms with Crippen LogP contribution in [0.5, 0.6) is 0 Å². The van der Waals surface area contributed by atoms with Gasteiger partial charge in [-0.2, -0.15) is 0 Å². The number of aliphatic hydroxyl groups is 1. The molecule has 0 bridgehead atoms. The van der Waals surface area contributed by atoms with Gasteiger partial charge in [-0.1, -0.05) is 30.3 Å². The molecule has 0 radical (unpaired) electrons. The summed E-state index contributed by atoms with van der Waals surface area (Å²) in [5.41, 5.74) is 1.96. The van der Waals surface area contributed by atoms with E-state index in [1.54, 1.807) is 0 Å². The van der Waals surface area contributed by atoms with Crippen molar-refractivity contribution in [2.75, 3.05) is 18.5 Å². The van der Waals surface area contributed by atoms with E-state index in [-0.39, 0.29) is 6.61 Å². The number of anilines is 1. The van der Waals surface area contributed by atoms with E-state index in [0.29, 0.717) is 12.3 Å². The number of rotatable bonds is 6. The first-order valence-electron chi connectivity index (χ1n) is 6.16. The van der Waals surface area contributed by atoms with Gasteiger partial charge in [0.05, 0.1) is 23.2 Å². The van der Waals surface area contributed by atoms with Crippen LogP contribution in [-0.4, -0.2) is 22.5 Å². The van der Waals surface area contributed by atoms with Crippen LogP contribution in [0, 0.1) is 0 Å². The van der Waals surface area contributed by atoms with E-state index in [1.165, 1.54) is 0 Å². The van der Waals surface area contributed by atoms with Crippen LogP contribution in [-0.2, 0) is 16.6 Å². The van der Waals surface area contributed by atoms with E-state index in [1.807, 2.05) is 54.6 Å². The lowest BCUT2D eigenvalue weighted by molar-refractivity contribution is 0.311. The Morgan fingerprint density at radius 3 is 2.58 bits per heavy atom. The summed E-state index contributed by atoms with van der Waals surface area (Å²) in [5.74, 6) is 0.499. The molecule has 0 saturated heterocycles. The quantitative estimate of drug-likeness (QED) is 0.851. The van der Waals surface area contributed by atoms with Crippen molar-refractivity contribution in [2.24, 2.45) is 0 Å². The predicted molar refractivity (Wildman–Crippen MR) is 78.6 cm³/mol. The van der Waals surface area contributed by atoms with Gasteiger partial charge < -0.3 is 10.4 Å². The van der Waals surface area contributed by atoms with Crippen molar-refractivity contribution in [1.29, 1.82) is 0 Å². The Morgan fingerprint density at radius 1 is 1.05 bits per heavy atom. The van der Waals surface area contributed by atoms with Gasteiger partial charge >= 0.3 is 0 Å². The van der Waals surface area contributed by atoms with E-state index < -0.39 is 10.8 Å². The van der Waals surface area contributed by atoms with Crippen LogP contribution in [0.2, 0.25) is 0 Å². The Morgan fingerprint density at radius 2 is 1.84 bits per heavy atom. The highest BCUT2D eigenvalue weighted by Gasteiger charge is 2.05. The molecule has 19 heavy (non-hydrogen) atoms. The van der Waals surface area contributed by atoms with Gasteiger partial charge in [0.25, 0.3) is 0 Å². The van der Waals surface area contributed by atoms with Gasteiger partial charge in [0.1, 0.15) is 0 Å². The topological polar surface area (TPSA) is 49.3 Å². The third-order valence-corrected chi connectivity index (χ3v) is 4.07. The molecule has 0 heterocycles. The Balaban J connectivity index is 2.05. The molecule has 2 N–H and O–H groups in total. The summed E-state index contributed by atoms with van der Waals surface area (Å²) in [4.78, 5) is 0.844. The van der Waals surface area contributed by atoms with Gasteiger partial charge in [0, 0.05) is 17.1 Å². The standard InChI is InChI=1S/C15H17NO2S/c17-10-9-16-14-6-4-5-13(11-14)12-19(18)15-7-2-1-3-8-15/h1-8,11,16-17H,9-10,12H2/t19-/m0/s1. The lowest BCUT2D eigenvalue weighted by Gasteiger charge is -2.07. The third-order valence-electron chi connectivity index (χ3n) is 2.67. The smallest absolute Gasteiger partial charge is 0.0604 e. The monoisotopic (exact) mass is 275 g/mol. The number of nitrogens with one attached hydrogen (secondary N) is 1. The van der Waals surface area contributed by atoms with E-state index in [2.05, 4.69) is 5.32 Å². The Hall–Kier alpha value is -1.65. The molecule has 0 aromatic heterocycles. The zero-order chi connectivity index (χ0) is 13.5.